The Morgan fingerprint density at radius 1 is 1.06 bits per heavy atom. The molecule has 9 nitrogen and oxygen atoms in total. The van der Waals surface area contributed by atoms with Gasteiger partial charge in [0.15, 0.2) is 0 Å². The summed E-state index contributed by atoms with van der Waals surface area (Å²) >= 11 is 0. The standard InChI is InChI=1S/C27H32N6O3/c1-31-26(35)17-23(20-9-11-28-12-10-20)30-27(31)33-15-16-36-24(18-33)21-5-7-22(8-6-21)29-25(34)19-32-13-3-2-4-14-32/h5-12,17,24H,2-4,13-16,18-19H2,1H3,(H,29,34)/t24-/m1/s1. The molecular formula is C27H32N6O3. The largest absolute Gasteiger partial charge is 0.370 e. The molecule has 9 heteroatoms. The summed E-state index contributed by atoms with van der Waals surface area (Å²) in [6.45, 7) is 4.16. The van der Waals surface area contributed by atoms with Gasteiger partial charge in [-0.1, -0.05) is 18.6 Å². The molecule has 0 bridgehead atoms. The SMILES string of the molecule is Cn1c(N2CCO[C@@H](c3ccc(NC(=O)CN4CCCCC4)cc3)C2)nc(-c2ccncc2)cc1=O. The molecule has 0 spiro atoms. The molecular weight excluding hydrogens is 456 g/mol. The van der Waals surface area contributed by atoms with Gasteiger partial charge in [-0.15, -0.1) is 0 Å². The lowest BCUT2D eigenvalue weighted by Gasteiger charge is -2.34. The number of hydrogen-bond donors (Lipinski definition) is 1. The zero-order valence-corrected chi connectivity index (χ0v) is 20.6. The maximum atomic E-state index is 12.7. The van der Waals surface area contributed by atoms with Crippen LogP contribution in [0.1, 0.15) is 30.9 Å². The van der Waals surface area contributed by atoms with Crippen LogP contribution in [-0.4, -0.2) is 64.7 Å². The molecule has 0 radical (unpaired) electrons. The smallest absolute Gasteiger partial charge is 0.255 e. The van der Waals surface area contributed by atoms with E-state index in [1.54, 1.807) is 30.1 Å². The molecule has 3 aromatic rings. The van der Waals surface area contributed by atoms with Crippen LogP contribution in [0.25, 0.3) is 11.3 Å². The molecule has 2 aromatic heterocycles. The quantitative estimate of drug-likeness (QED) is 0.570. The van der Waals surface area contributed by atoms with E-state index in [0.29, 0.717) is 37.9 Å². The van der Waals surface area contributed by atoms with Crippen molar-refractivity contribution in [3.8, 4) is 11.3 Å². The number of ether oxygens (including phenoxy) is 1. The molecule has 0 saturated carbocycles. The number of nitrogens with one attached hydrogen (secondary N) is 1. The summed E-state index contributed by atoms with van der Waals surface area (Å²) in [7, 11) is 1.74. The fourth-order valence-corrected chi connectivity index (χ4v) is 4.82. The lowest BCUT2D eigenvalue weighted by atomic mass is 10.1. The molecule has 0 unspecified atom stereocenters. The van der Waals surface area contributed by atoms with Crippen molar-refractivity contribution >= 4 is 17.5 Å². The van der Waals surface area contributed by atoms with Crippen LogP contribution < -0.4 is 15.8 Å². The number of anilines is 2. The van der Waals surface area contributed by atoms with E-state index in [4.69, 9.17) is 9.72 Å². The summed E-state index contributed by atoms with van der Waals surface area (Å²) in [6.07, 6.45) is 6.80. The second-order valence-corrected chi connectivity index (χ2v) is 9.39. The van der Waals surface area contributed by atoms with Crippen molar-refractivity contribution in [3.05, 3.63) is 70.8 Å². The Bertz CT molecular complexity index is 1240. The second kappa shape index (κ2) is 11.0. The zero-order valence-electron chi connectivity index (χ0n) is 20.6. The van der Waals surface area contributed by atoms with Gasteiger partial charge in [-0.05, 0) is 55.8 Å². The number of rotatable bonds is 6. The molecule has 5 rings (SSSR count). The van der Waals surface area contributed by atoms with E-state index in [9.17, 15) is 9.59 Å². The Morgan fingerprint density at radius 2 is 1.81 bits per heavy atom. The number of amides is 1. The average Bonchev–Trinajstić information content (AvgIpc) is 2.91. The lowest BCUT2D eigenvalue weighted by Crippen LogP contribution is -2.41. The Kier molecular flexibility index (Phi) is 7.39. The number of pyridine rings is 1. The summed E-state index contributed by atoms with van der Waals surface area (Å²) in [5.41, 5.74) is 3.17. The highest BCUT2D eigenvalue weighted by Crippen LogP contribution is 2.27. The van der Waals surface area contributed by atoms with Crippen LogP contribution in [0.5, 0.6) is 0 Å². The first kappa shape index (κ1) is 24.1. The molecule has 2 aliphatic rings. The lowest BCUT2D eigenvalue weighted by molar-refractivity contribution is -0.117. The number of benzene rings is 1. The number of likely N-dealkylation sites (tertiary alicyclic amines) is 1. The highest BCUT2D eigenvalue weighted by atomic mass is 16.5. The van der Waals surface area contributed by atoms with E-state index in [1.807, 2.05) is 36.4 Å². The van der Waals surface area contributed by atoms with E-state index >= 15 is 0 Å². The number of hydrogen-bond acceptors (Lipinski definition) is 7. The normalized spacial score (nSPS) is 18.7. The van der Waals surface area contributed by atoms with Gasteiger partial charge in [0.25, 0.3) is 5.56 Å². The molecule has 1 atom stereocenters. The van der Waals surface area contributed by atoms with Crippen LogP contribution in [0.3, 0.4) is 0 Å². The number of morpholine rings is 1. The van der Waals surface area contributed by atoms with Crippen LogP contribution in [0.4, 0.5) is 11.6 Å². The molecule has 36 heavy (non-hydrogen) atoms. The summed E-state index contributed by atoms with van der Waals surface area (Å²) in [4.78, 5) is 38.3. The first-order valence-electron chi connectivity index (χ1n) is 12.5. The van der Waals surface area contributed by atoms with Gasteiger partial charge in [-0.2, -0.15) is 0 Å². The Morgan fingerprint density at radius 3 is 2.56 bits per heavy atom. The van der Waals surface area contributed by atoms with E-state index in [0.717, 1.165) is 42.7 Å². The van der Waals surface area contributed by atoms with Crippen LogP contribution >= 0.6 is 0 Å². The number of nitrogens with zero attached hydrogens (tertiary/aromatic N) is 5. The molecule has 2 saturated heterocycles. The molecule has 1 N–H and O–H groups in total. The number of piperidine rings is 1. The maximum Gasteiger partial charge on any atom is 0.255 e. The van der Waals surface area contributed by atoms with Gasteiger partial charge >= 0.3 is 0 Å². The molecule has 188 valence electrons. The molecule has 0 aliphatic carbocycles. The second-order valence-electron chi connectivity index (χ2n) is 9.39. The van der Waals surface area contributed by atoms with Crippen molar-refractivity contribution in [2.75, 3.05) is 49.5 Å². The highest BCUT2D eigenvalue weighted by molar-refractivity contribution is 5.92. The number of aromatic nitrogens is 3. The first-order chi connectivity index (χ1) is 17.6. The van der Waals surface area contributed by atoms with Gasteiger partial charge in [0.05, 0.1) is 25.4 Å². The van der Waals surface area contributed by atoms with E-state index in [2.05, 4.69) is 20.1 Å². The number of carbonyl (C=O) groups excluding carboxylic acids is 1. The van der Waals surface area contributed by atoms with E-state index < -0.39 is 0 Å². The molecule has 2 fully saturated rings. The average molecular weight is 489 g/mol. The summed E-state index contributed by atoms with van der Waals surface area (Å²) in [5.74, 6) is 0.634. The fraction of sp³-hybridized carbons (Fsp3) is 0.407. The Labute approximate surface area is 210 Å². The Hall–Kier alpha value is -3.56. The van der Waals surface area contributed by atoms with Gasteiger partial charge in [-0.3, -0.25) is 24.0 Å². The van der Waals surface area contributed by atoms with Crippen LogP contribution in [0.15, 0.2) is 59.7 Å². The topological polar surface area (TPSA) is 92.6 Å². The first-order valence-corrected chi connectivity index (χ1v) is 12.5. The third-order valence-electron chi connectivity index (χ3n) is 6.82. The summed E-state index contributed by atoms with van der Waals surface area (Å²) in [5, 5.41) is 3.01. The van der Waals surface area contributed by atoms with Gasteiger partial charge in [0, 0.05) is 43.3 Å². The predicted molar refractivity (Wildman–Crippen MR) is 139 cm³/mol. The Balaban J connectivity index is 1.26. The number of carbonyl (C=O) groups is 1. The molecule has 1 aromatic carbocycles. The van der Waals surface area contributed by atoms with E-state index in [1.165, 1.54) is 6.42 Å². The minimum Gasteiger partial charge on any atom is -0.370 e. The maximum absolute atomic E-state index is 12.7. The van der Waals surface area contributed by atoms with Gasteiger partial charge in [0.2, 0.25) is 11.9 Å². The van der Waals surface area contributed by atoms with Crippen molar-refractivity contribution in [2.45, 2.75) is 25.4 Å². The third kappa shape index (κ3) is 5.63. The van der Waals surface area contributed by atoms with Crippen molar-refractivity contribution in [1.29, 1.82) is 0 Å². The van der Waals surface area contributed by atoms with Gasteiger partial charge in [0.1, 0.15) is 6.10 Å². The zero-order chi connectivity index (χ0) is 24.9. The third-order valence-corrected chi connectivity index (χ3v) is 6.82. The van der Waals surface area contributed by atoms with Crippen LogP contribution in [0, 0.1) is 0 Å². The van der Waals surface area contributed by atoms with Crippen molar-refractivity contribution in [2.24, 2.45) is 7.05 Å². The van der Waals surface area contributed by atoms with Gasteiger partial charge < -0.3 is 15.0 Å². The minimum atomic E-state index is -0.168. The van der Waals surface area contributed by atoms with Crippen LogP contribution in [0.2, 0.25) is 0 Å². The predicted octanol–water partition coefficient (Wildman–Crippen LogP) is 2.84. The van der Waals surface area contributed by atoms with Gasteiger partial charge in [-0.25, -0.2) is 4.98 Å². The van der Waals surface area contributed by atoms with E-state index in [-0.39, 0.29) is 17.6 Å². The van der Waals surface area contributed by atoms with Crippen molar-refractivity contribution < 1.29 is 9.53 Å². The molecule has 2 aliphatic heterocycles. The minimum absolute atomic E-state index is 0.0193. The highest BCUT2D eigenvalue weighted by Gasteiger charge is 2.25. The van der Waals surface area contributed by atoms with Crippen molar-refractivity contribution in [1.82, 2.24) is 19.4 Å². The van der Waals surface area contributed by atoms with Crippen molar-refractivity contribution in [3.63, 3.8) is 0 Å². The molecule has 4 heterocycles. The summed E-state index contributed by atoms with van der Waals surface area (Å²) in [6, 6.07) is 13.1. The fourth-order valence-electron chi connectivity index (χ4n) is 4.82. The monoisotopic (exact) mass is 488 g/mol. The van der Waals surface area contributed by atoms with Crippen LogP contribution in [-0.2, 0) is 16.6 Å². The summed E-state index contributed by atoms with van der Waals surface area (Å²) < 4.78 is 7.64. The molecule has 1 amide bonds.